The number of para-hydroxylation sites is 1. The van der Waals surface area contributed by atoms with E-state index in [0.29, 0.717) is 0 Å². The van der Waals surface area contributed by atoms with E-state index in [9.17, 15) is 0 Å². The van der Waals surface area contributed by atoms with Gasteiger partial charge in [0.2, 0.25) is 0 Å². The van der Waals surface area contributed by atoms with E-state index in [0.717, 1.165) is 55.7 Å². The molecular formula is C20H23N5. The van der Waals surface area contributed by atoms with E-state index in [1.165, 1.54) is 23.2 Å². The van der Waals surface area contributed by atoms with Crippen LogP contribution in [0.5, 0.6) is 0 Å². The van der Waals surface area contributed by atoms with Crippen molar-refractivity contribution in [2.75, 3.05) is 0 Å². The van der Waals surface area contributed by atoms with Crippen LogP contribution < -0.4 is 5.73 Å². The van der Waals surface area contributed by atoms with Crippen LogP contribution >= 0.6 is 0 Å². The summed E-state index contributed by atoms with van der Waals surface area (Å²) in [5.74, 6) is 0. The zero-order valence-electron chi connectivity index (χ0n) is 14.4. The maximum absolute atomic E-state index is 6.23. The van der Waals surface area contributed by atoms with Crippen molar-refractivity contribution >= 4 is 0 Å². The Morgan fingerprint density at radius 2 is 1.92 bits per heavy atom. The van der Waals surface area contributed by atoms with Gasteiger partial charge in [-0.05, 0) is 61.8 Å². The largest absolute Gasteiger partial charge is 0.323 e. The average molecular weight is 333 g/mol. The number of hydrogen-bond acceptors (Lipinski definition) is 3. The van der Waals surface area contributed by atoms with E-state index in [1.54, 1.807) is 0 Å². The smallest absolute Gasteiger partial charge is 0.0878 e. The number of aryl methyl sites for hydroxylation is 1. The second-order valence-corrected chi connectivity index (χ2v) is 7.21. The minimum atomic E-state index is 0.0950. The van der Waals surface area contributed by atoms with Crippen LogP contribution in [0.25, 0.3) is 5.69 Å². The highest BCUT2D eigenvalue weighted by molar-refractivity contribution is 5.40. The molecule has 2 aliphatic carbocycles. The topological polar surface area (TPSA) is 61.7 Å². The van der Waals surface area contributed by atoms with Crippen molar-refractivity contribution in [1.82, 2.24) is 19.6 Å². The van der Waals surface area contributed by atoms with E-state index in [-0.39, 0.29) is 6.04 Å². The molecule has 0 aliphatic heterocycles. The first-order valence-electron chi connectivity index (χ1n) is 9.26. The summed E-state index contributed by atoms with van der Waals surface area (Å²) in [5.41, 5.74) is 13.7. The lowest BCUT2D eigenvalue weighted by molar-refractivity contribution is 0.547. The standard InChI is InChI=1S/C20H23N5/c21-17-10-4-6-14-12-24(23-20(14)17)13-18-16-9-5-11-19(16)25(22-18)15-7-2-1-3-8-15/h1-3,7-8,12,17H,4-6,9-11,13,21H2. The van der Waals surface area contributed by atoms with Gasteiger partial charge in [0, 0.05) is 17.9 Å². The van der Waals surface area contributed by atoms with Crippen LogP contribution in [0.3, 0.4) is 0 Å². The van der Waals surface area contributed by atoms with Gasteiger partial charge < -0.3 is 5.73 Å². The molecular weight excluding hydrogens is 310 g/mol. The lowest BCUT2D eigenvalue weighted by atomic mass is 9.95. The van der Waals surface area contributed by atoms with Crippen molar-refractivity contribution in [2.24, 2.45) is 5.73 Å². The molecule has 128 valence electrons. The van der Waals surface area contributed by atoms with Gasteiger partial charge in [-0.15, -0.1) is 0 Å². The summed E-state index contributed by atoms with van der Waals surface area (Å²) in [5, 5.41) is 9.72. The number of nitrogens with two attached hydrogens (primary N) is 1. The Kier molecular flexibility index (Phi) is 3.48. The molecule has 2 aromatic heterocycles. The van der Waals surface area contributed by atoms with Gasteiger partial charge in [-0.3, -0.25) is 4.68 Å². The highest BCUT2D eigenvalue weighted by Gasteiger charge is 2.25. The number of aromatic nitrogens is 4. The maximum atomic E-state index is 6.23. The number of fused-ring (bicyclic) bond motifs is 2. The van der Waals surface area contributed by atoms with Gasteiger partial charge in [0.25, 0.3) is 0 Å². The first-order valence-corrected chi connectivity index (χ1v) is 9.26. The molecule has 0 saturated heterocycles. The Balaban J connectivity index is 1.51. The van der Waals surface area contributed by atoms with E-state index in [1.807, 2.05) is 10.7 Å². The summed E-state index contributed by atoms with van der Waals surface area (Å²) < 4.78 is 4.18. The predicted molar refractivity (Wildman–Crippen MR) is 96.8 cm³/mol. The second-order valence-electron chi connectivity index (χ2n) is 7.21. The molecule has 0 amide bonds. The Bertz CT molecular complexity index is 906. The van der Waals surface area contributed by atoms with Crippen molar-refractivity contribution in [1.29, 1.82) is 0 Å². The fraction of sp³-hybridized carbons (Fsp3) is 0.400. The zero-order valence-corrected chi connectivity index (χ0v) is 14.4. The molecule has 2 heterocycles. The third-order valence-corrected chi connectivity index (χ3v) is 5.51. The van der Waals surface area contributed by atoms with Crippen LogP contribution in [0.2, 0.25) is 0 Å². The molecule has 2 N–H and O–H groups in total. The summed E-state index contributed by atoms with van der Waals surface area (Å²) in [6.45, 7) is 0.738. The molecule has 1 unspecified atom stereocenters. The SMILES string of the molecule is NC1CCCc2cn(Cc3nn(-c4ccccc4)c4c3CCC4)nc21. The number of benzene rings is 1. The van der Waals surface area contributed by atoms with Crippen LogP contribution in [0.1, 0.15) is 53.5 Å². The predicted octanol–water partition coefficient (Wildman–Crippen LogP) is 2.94. The third-order valence-electron chi connectivity index (χ3n) is 5.51. The van der Waals surface area contributed by atoms with Crippen molar-refractivity contribution in [2.45, 2.75) is 51.1 Å². The molecule has 0 radical (unpaired) electrons. The minimum Gasteiger partial charge on any atom is -0.323 e. The number of rotatable bonds is 3. The molecule has 5 rings (SSSR count). The second kappa shape index (κ2) is 5.85. The van der Waals surface area contributed by atoms with Gasteiger partial charge in [-0.2, -0.15) is 10.2 Å². The molecule has 0 spiro atoms. The van der Waals surface area contributed by atoms with E-state index >= 15 is 0 Å². The molecule has 5 nitrogen and oxygen atoms in total. The Morgan fingerprint density at radius 3 is 2.76 bits per heavy atom. The third kappa shape index (κ3) is 2.50. The highest BCUT2D eigenvalue weighted by atomic mass is 15.3. The normalized spacial score (nSPS) is 19.0. The van der Waals surface area contributed by atoms with Gasteiger partial charge >= 0.3 is 0 Å². The number of nitrogens with zero attached hydrogens (tertiary/aromatic N) is 4. The quantitative estimate of drug-likeness (QED) is 0.801. The fourth-order valence-corrected chi connectivity index (χ4v) is 4.29. The average Bonchev–Trinajstić information content (AvgIpc) is 3.32. The summed E-state index contributed by atoms with van der Waals surface area (Å²) in [6, 6.07) is 10.5. The zero-order chi connectivity index (χ0) is 16.8. The monoisotopic (exact) mass is 333 g/mol. The molecule has 0 fully saturated rings. The van der Waals surface area contributed by atoms with Gasteiger partial charge in [-0.25, -0.2) is 4.68 Å². The maximum Gasteiger partial charge on any atom is 0.0878 e. The Labute approximate surface area is 147 Å². The van der Waals surface area contributed by atoms with Crippen molar-refractivity contribution in [3.63, 3.8) is 0 Å². The molecule has 0 bridgehead atoms. The summed E-state index contributed by atoms with van der Waals surface area (Å²) in [6.07, 6.45) is 8.93. The van der Waals surface area contributed by atoms with Crippen LogP contribution in [-0.2, 0) is 25.8 Å². The van der Waals surface area contributed by atoms with Gasteiger partial charge in [0.15, 0.2) is 0 Å². The summed E-state index contributed by atoms with van der Waals surface area (Å²) in [4.78, 5) is 0. The van der Waals surface area contributed by atoms with Crippen LogP contribution in [-0.4, -0.2) is 19.6 Å². The summed E-state index contributed by atoms with van der Waals surface area (Å²) >= 11 is 0. The van der Waals surface area contributed by atoms with Gasteiger partial charge in [-0.1, -0.05) is 18.2 Å². The molecule has 3 aromatic rings. The highest BCUT2D eigenvalue weighted by Crippen LogP contribution is 2.30. The van der Waals surface area contributed by atoms with Crippen molar-refractivity contribution < 1.29 is 0 Å². The van der Waals surface area contributed by atoms with Crippen LogP contribution in [0.4, 0.5) is 0 Å². The first kappa shape index (κ1) is 14.9. The van der Waals surface area contributed by atoms with Gasteiger partial charge in [0.05, 0.1) is 23.6 Å². The lowest BCUT2D eigenvalue weighted by Crippen LogP contribution is -2.17. The molecule has 25 heavy (non-hydrogen) atoms. The minimum absolute atomic E-state index is 0.0950. The van der Waals surface area contributed by atoms with E-state index in [4.69, 9.17) is 15.9 Å². The fourth-order valence-electron chi connectivity index (χ4n) is 4.29. The lowest BCUT2D eigenvalue weighted by Gasteiger charge is -2.15. The van der Waals surface area contributed by atoms with Gasteiger partial charge in [0.1, 0.15) is 0 Å². The van der Waals surface area contributed by atoms with Crippen LogP contribution in [0, 0.1) is 0 Å². The Hall–Kier alpha value is -2.40. The molecule has 1 atom stereocenters. The van der Waals surface area contributed by atoms with E-state index in [2.05, 4.69) is 35.1 Å². The molecule has 0 saturated carbocycles. The Morgan fingerprint density at radius 1 is 1.04 bits per heavy atom. The van der Waals surface area contributed by atoms with Crippen molar-refractivity contribution in [3.8, 4) is 5.69 Å². The molecule has 1 aromatic carbocycles. The van der Waals surface area contributed by atoms with E-state index < -0.39 is 0 Å². The molecule has 5 heteroatoms. The summed E-state index contributed by atoms with van der Waals surface area (Å²) in [7, 11) is 0. The van der Waals surface area contributed by atoms with Crippen molar-refractivity contribution in [3.05, 3.63) is 64.7 Å². The molecule has 2 aliphatic rings. The first-order chi connectivity index (χ1) is 12.3. The van der Waals surface area contributed by atoms with Crippen LogP contribution in [0.15, 0.2) is 36.5 Å². The number of hydrogen-bond donors (Lipinski definition) is 1.